The van der Waals surface area contributed by atoms with Crippen LogP contribution in [-0.4, -0.2) is 26.0 Å². The van der Waals surface area contributed by atoms with Crippen molar-refractivity contribution in [1.29, 1.82) is 0 Å². The van der Waals surface area contributed by atoms with Gasteiger partial charge in [0.05, 0.1) is 19.8 Å². The summed E-state index contributed by atoms with van der Waals surface area (Å²) in [6.07, 6.45) is 0.925. The molecule has 0 spiro atoms. The van der Waals surface area contributed by atoms with Gasteiger partial charge in [0.2, 0.25) is 0 Å². The van der Waals surface area contributed by atoms with Gasteiger partial charge in [-0.15, -0.1) is 0 Å². The van der Waals surface area contributed by atoms with Crippen molar-refractivity contribution in [1.82, 2.24) is 0 Å². The zero-order valence-corrected chi connectivity index (χ0v) is 13.0. The number of rotatable bonds is 6. The summed E-state index contributed by atoms with van der Waals surface area (Å²) < 4.78 is 9.86. The third-order valence-corrected chi connectivity index (χ3v) is 3.55. The molecule has 0 radical (unpaired) electrons. The zero-order chi connectivity index (χ0) is 15.3. The summed E-state index contributed by atoms with van der Waals surface area (Å²) in [4.78, 5) is 23.4. The Morgan fingerprint density at radius 3 is 2.40 bits per heavy atom. The maximum absolute atomic E-state index is 12.3. The van der Waals surface area contributed by atoms with Crippen LogP contribution < -0.4 is 4.74 Å². The minimum atomic E-state index is -0.316. The quantitative estimate of drug-likeness (QED) is 0.596. The average Bonchev–Trinajstić information content (AvgIpc) is 2.41. The highest BCUT2D eigenvalue weighted by Crippen LogP contribution is 2.33. The van der Waals surface area contributed by atoms with E-state index in [9.17, 15) is 9.59 Å². The van der Waals surface area contributed by atoms with Gasteiger partial charge >= 0.3 is 5.97 Å². The van der Waals surface area contributed by atoms with Gasteiger partial charge in [-0.05, 0) is 37.5 Å². The van der Waals surface area contributed by atoms with E-state index < -0.39 is 0 Å². The summed E-state index contributed by atoms with van der Waals surface area (Å²) >= 11 is 6.12. The molecule has 0 N–H and O–H groups in total. The van der Waals surface area contributed by atoms with Crippen molar-refractivity contribution in [2.24, 2.45) is 0 Å². The van der Waals surface area contributed by atoms with Crippen LogP contribution in [0.15, 0.2) is 6.07 Å². The van der Waals surface area contributed by atoms with Gasteiger partial charge in [0, 0.05) is 17.9 Å². The second-order valence-electron chi connectivity index (χ2n) is 4.56. The molecule has 0 aliphatic heterocycles. The summed E-state index contributed by atoms with van der Waals surface area (Å²) in [5.74, 6) is 0.160. The van der Waals surface area contributed by atoms with Gasteiger partial charge in [0.15, 0.2) is 5.78 Å². The number of esters is 1. The van der Waals surface area contributed by atoms with Crippen LogP contribution in [0.5, 0.6) is 5.75 Å². The number of ketones is 1. The van der Waals surface area contributed by atoms with Gasteiger partial charge in [0.1, 0.15) is 5.75 Å². The third kappa shape index (κ3) is 3.73. The Bertz CT molecular complexity index is 523. The molecular formula is C15H19ClO4. The predicted octanol–water partition coefficient (Wildman–Crippen LogP) is 3.49. The number of ether oxygens (including phenoxy) is 2. The molecule has 0 saturated heterocycles. The van der Waals surface area contributed by atoms with Gasteiger partial charge in [-0.2, -0.15) is 0 Å². The van der Waals surface area contributed by atoms with Gasteiger partial charge in [-0.1, -0.05) is 11.6 Å². The largest absolute Gasteiger partial charge is 0.496 e. The van der Waals surface area contributed by atoms with Crippen molar-refractivity contribution in [2.45, 2.75) is 33.1 Å². The first-order valence-electron chi connectivity index (χ1n) is 6.36. The van der Waals surface area contributed by atoms with Crippen LogP contribution in [0, 0.1) is 13.8 Å². The molecule has 5 heteroatoms. The van der Waals surface area contributed by atoms with Gasteiger partial charge < -0.3 is 9.47 Å². The fourth-order valence-corrected chi connectivity index (χ4v) is 2.33. The second kappa shape index (κ2) is 7.29. The van der Waals surface area contributed by atoms with Crippen LogP contribution in [-0.2, 0) is 9.53 Å². The molecule has 1 rings (SSSR count). The molecule has 0 bridgehead atoms. The molecular weight excluding hydrogens is 280 g/mol. The lowest BCUT2D eigenvalue weighted by Gasteiger charge is -2.14. The lowest BCUT2D eigenvalue weighted by atomic mass is 9.97. The lowest BCUT2D eigenvalue weighted by molar-refractivity contribution is -0.140. The van der Waals surface area contributed by atoms with Gasteiger partial charge in [-0.25, -0.2) is 0 Å². The van der Waals surface area contributed by atoms with E-state index in [0.29, 0.717) is 28.3 Å². The predicted molar refractivity (Wildman–Crippen MR) is 77.7 cm³/mol. The zero-order valence-electron chi connectivity index (χ0n) is 12.2. The number of carbonyl (C=O) groups is 2. The Kier molecular flexibility index (Phi) is 6.02. The number of Topliss-reactive ketones (excluding diaryl/α,β-unsaturated/α-hetero) is 1. The lowest BCUT2D eigenvalue weighted by Crippen LogP contribution is -2.08. The van der Waals surface area contributed by atoms with Gasteiger partial charge in [0.25, 0.3) is 0 Å². The Balaban J connectivity index is 2.95. The van der Waals surface area contributed by atoms with E-state index in [0.717, 1.165) is 5.56 Å². The molecule has 0 aliphatic carbocycles. The van der Waals surface area contributed by atoms with E-state index >= 15 is 0 Å². The highest BCUT2D eigenvalue weighted by Gasteiger charge is 2.19. The molecule has 0 heterocycles. The van der Waals surface area contributed by atoms with Crippen LogP contribution in [0.2, 0.25) is 5.02 Å². The number of carbonyl (C=O) groups excluding carboxylic acids is 2. The highest BCUT2D eigenvalue weighted by atomic mass is 35.5. The van der Waals surface area contributed by atoms with Crippen LogP contribution in [0.3, 0.4) is 0 Å². The Morgan fingerprint density at radius 2 is 1.85 bits per heavy atom. The molecule has 0 atom stereocenters. The fourth-order valence-electron chi connectivity index (χ4n) is 2.07. The monoisotopic (exact) mass is 298 g/mol. The number of benzene rings is 1. The van der Waals surface area contributed by atoms with E-state index in [4.69, 9.17) is 16.3 Å². The number of hydrogen-bond acceptors (Lipinski definition) is 4. The molecule has 0 aromatic heterocycles. The number of aryl methyl sites for hydroxylation is 1. The second-order valence-corrected chi connectivity index (χ2v) is 4.97. The topological polar surface area (TPSA) is 52.6 Å². The molecule has 4 nitrogen and oxygen atoms in total. The molecule has 0 saturated carbocycles. The summed E-state index contributed by atoms with van der Waals surface area (Å²) in [5, 5.41) is 0.541. The maximum atomic E-state index is 12.3. The normalized spacial score (nSPS) is 10.2. The maximum Gasteiger partial charge on any atom is 0.305 e. The summed E-state index contributed by atoms with van der Waals surface area (Å²) in [6, 6.07) is 1.78. The summed E-state index contributed by atoms with van der Waals surface area (Å²) in [5.41, 5.74) is 2.03. The van der Waals surface area contributed by atoms with Crippen molar-refractivity contribution in [3.8, 4) is 5.75 Å². The fraction of sp³-hybridized carbons (Fsp3) is 0.467. The summed E-state index contributed by atoms with van der Waals surface area (Å²) in [6.45, 7) is 3.63. The van der Waals surface area contributed by atoms with E-state index in [2.05, 4.69) is 4.74 Å². The van der Waals surface area contributed by atoms with Crippen molar-refractivity contribution in [2.75, 3.05) is 14.2 Å². The minimum Gasteiger partial charge on any atom is -0.496 e. The van der Waals surface area contributed by atoms with Crippen LogP contribution in [0.4, 0.5) is 0 Å². The number of hydrogen-bond donors (Lipinski definition) is 0. The molecule has 110 valence electrons. The number of halogens is 1. The van der Waals surface area contributed by atoms with E-state index in [1.165, 1.54) is 14.2 Å². The highest BCUT2D eigenvalue weighted by molar-refractivity contribution is 6.32. The van der Waals surface area contributed by atoms with E-state index in [-0.39, 0.29) is 24.6 Å². The van der Waals surface area contributed by atoms with Crippen molar-refractivity contribution >= 4 is 23.4 Å². The molecule has 0 aliphatic rings. The SMILES string of the molecule is COC(=O)CCCC(=O)c1c(C)c(Cl)cc(C)c1OC. The van der Waals surface area contributed by atoms with Crippen LogP contribution >= 0.6 is 11.6 Å². The first-order valence-corrected chi connectivity index (χ1v) is 6.73. The first kappa shape index (κ1) is 16.5. The van der Waals surface area contributed by atoms with E-state index in [1.54, 1.807) is 13.0 Å². The molecule has 1 aromatic rings. The van der Waals surface area contributed by atoms with E-state index in [1.807, 2.05) is 6.92 Å². The Morgan fingerprint density at radius 1 is 1.20 bits per heavy atom. The van der Waals surface area contributed by atoms with Crippen molar-refractivity contribution in [3.63, 3.8) is 0 Å². The van der Waals surface area contributed by atoms with Crippen LogP contribution in [0.1, 0.15) is 40.7 Å². The minimum absolute atomic E-state index is 0.0751. The molecule has 0 amide bonds. The number of methoxy groups -OCH3 is 2. The Labute approximate surface area is 124 Å². The smallest absolute Gasteiger partial charge is 0.305 e. The third-order valence-electron chi connectivity index (χ3n) is 3.16. The standard InChI is InChI=1S/C15H19ClO4/c1-9-8-11(16)10(2)14(15(9)20-4)12(17)6-5-7-13(18)19-3/h8H,5-7H2,1-4H3. The van der Waals surface area contributed by atoms with Crippen LogP contribution in [0.25, 0.3) is 0 Å². The molecule has 0 fully saturated rings. The Hall–Kier alpha value is -1.55. The molecule has 0 unspecified atom stereocenters. The molecule has 1 aromatic carbocycles. The summed E-state index contributed by atoms with van der Waals surface area (Å²) in [7, 11) is 2.86. The first-order chi connectivity index (χ1) is 9.42. The van der Waals surface area contributed by atoms with Crippen molar-refractivity contribution < 1.29 is 19.1 Å². The van der Waals surface area contributed by atoms with Gasteiger partial charge in [-0.3, -0.25) is 9.59 Å². The average molecular weight is 299 g/mol. The molecule has 20 heavy (non-hydrogen) atoms. The van der Waals surface area contributed by atoms with Crippen molar-refractivity contribution in [3.05, 3.63) is 27.8 Å².